The van der Waals surface area contributed by atoms with Crippen molar-refractivity contribution in [3.05, 3.63) is 51.8 Å². The Morgan fingerprint density at radius 1 is 1.20 bits per heavy atom. The minimum absolute atomic E-state index is 0.0275. The fourth-order valence-corrected chi connectivity index (χ4v) is 4.60. The molecule has 1 fully saturated rings. The summed E-state index contributed by atoms with van der Waals surface area (Å²) < 4.78 is 1.69. The minimum Gasteiger partial charge on any atom is -0.351 e. The predicted octanol–water partition coefficient (Wildman–Crippen LogP) is 3.24. The topological polar surface area (TPSA) is 101 Å². The lowest BCUT2D eigenvalue weighted by molar-refractivity contribution is -0.117. The van der Waals surface area contributed by atoms with E-state index in [2.05, 4.69) is 25.7 Å². The predicted molar refractivity (Wildman–Crippen MR) is 116 cm³/mol. The number of rotatable bonds is 7. The number of thiazole rings is 1. The van der Waals surface area contributed by atoms with Crippen molar-refractivity contribution in [2.45, 2.75) is 19.3 Å². The van der Waals surface area contributed by atoms with Crippen molar-refractivity contribution in [3.63, 3.8) is 0 Å². The molecule has 4 aromatic rings. The van der Waals surface area contributed by atoms with Crippen LogP contribution in [-0.4, -0.2) is 37.9 Å². The lowest BCUT2D eigenvalue weighted by Gasteiger charge is -2.02. The van der Waals surface area contributed by atoms with Crippen LogP contribution in [0.4, 0.5) is 5.95 Å². The number of aromatic nitrogens is 4. The van der Waals surface area contributed by atoms with Crippen molar-refractivity contribution in [2.24, 2.45) is 5.92 Å². The van der Waals surface area contributed by atoms with Gasteiger partial charge in [-0.25, -0.2) is 9.50 Å². The molecule has 2 N–H and O–H groups in total. The highest BCUT2D eigenvalue weighted by Crippen LogP contribution is 2.31. The fraction of sp³-hybridized carbons (Fsp3) is 0.250. The van der Waals surface area contributed by atoms with Crippen LogP contribution in [0.15, 0.2) is 41.9 Å². The van der Waals surface area contributed by atoms with Gasteiger partial charge in [0.25, 0.3) is 5.91 Å². The summed E-state index contributed by atoms with van der Waals surface area (Å²) in [5.41, 5.74) is 1.46. The SMILES string of the molecule is O=C(NCCc1nccs1)c1ccc(-c2cccc3nc(NC(=O)C4CC4)nn23)s1. The Morgan fingerprint density at radius 3 is 2.90 bits per heavy atom. The van der Waals surface area contributed by atoms with Crippen LogP contribution in [0.3, 0.4) is 0 Å². The average molecular weight is 439 g/mol. The summed E-state index contributed by atoms with van der Waals surface area (Å²) in [6.07, 6.45) is 4.33. The third-order valence-electron chi connectivity index (χ3n) is 4.73. The van der Waals surface area contributed by atoms with E-state index in [0.717, 1.165) is 34.8 Å². The number of thiophene rings is 1. The zero-order valence-corrected chi connectivity index (χ0v) is 17.5. The summed E-state index contributed by atoms with van der Waals surface area (Å²) >= 11 is 2.98. The Hall–Kier alpha value is -3.11. The molecule has 0 spiro atoms. The van der Waals surface area contributed by atoms with Crippen molar-refractivity contribution < 1.29 is 9.59 Å². The van der Waals surface area contributed by atoms with Gasteiger partial charge < -0.3 is 5.32 Å². The number of nitrogens with one attached hydrogen (secondary N) is 2. The maximum Gasteiger partial charge on any atom is 0.261 e. The standard InChI is InChI=1S/C20H18N6O2S2/c27-18(12-4-5-12)24-20-23-16-3-1-2-13(26(16)25-20)14-6-7-15(30-14)19(28)22-9-8-17-21-10-11-29-17/h1-3,6-7,10-12H,4-5,8-9H2,(H,22,28)(H,24,25,27). The van der Waals surface area contributed by atoms with Crippen LogP contribution in [-0.2, 0) is 11.2 Å². The number of hydrogen-bond acceptors (Lipinski definition) is 7. The van der Waals surface area contributed by atoms with E-state index in [-0.39, 0.29) is 17.7 Å². The number of hydrogen-bond donors (Lipinski definition) is 2. The number of carbonyl (C=O) groups excluding carboxylic acids is 2. The summed E-state index contributed by atoms with van der Waals surface area (Å²) in [6, 6.07) is 9.36. The molecule has 152 valence electrons. The van der Waals surface area contributed by atoms with Gasteiger partial charge in [-0.2, -0.15) is 4.98 Å². The van der Waals surface area contributed by atoms with Gasteiger partial charge >= 0.3 is 0 Å². The summed E-state index contributed by atoms with van der Waals surface area (Å²) in [5, 5.41) is 13.1. The Bertz CT molecular complexity index is 1210. The lowest BCUT2D eigenvalue weighted by atomic mass is 10.3. The number of carbonyl (C=O) groups is 2. The molecule has 5 rings (SSSR count). The Kier molecular flexibility index (Phi) is 5.01. The van der Waals surface area contributed by atoms with Gasteiger partial charge in [-0.05, 0) is 37.1 Å². The maximum absolute atomic E-state index is 12.5. The highest BCUT2D eigenvalue weighted by Gasteiger charge is 2.30. The van der Waals surface area contributed by atoms with E-state index in [9.17, 15) is 9.59 Å². The fourth-order valence-electron chi connectivity index (χ4n) is 3.05. The molecule has 30 heavy (non-hydrogen) atoms. The molecule has 0 bridgehead atoms. The second kappa shape index (κ2) is 7.96. The number of anilines is 1. The Balaban J connectivity index is 1.31. The van der Waals surface area contributed by atoms with Crippen LogP contribution < -0.4 is 10.6 Å². The van der Waals surface area contributed by atoms with E-state index in [1.807, 2.05) is 35.7 Å². The molecule has 1 aliphatic carbocycles. The molecule has 1 aliphatic rings. The summed E-state index contributed by atoms with van der Waals surface area (Å²) in [7, 11) is 0. The maximum atomic E-state index is 12.5. The van der Waals surface area contributed by atoms with Gasteiger partial charge in [0.1, 0.15) is 0 Å². The van der Waals surface area contributed by atoms with Gasteiger partial charge in [0.2, 0.25) is 11.9 Å². The first-order chi connectivity index (χ1) is 14.7. The Morgan fingerprint density at radius 2 is 2.10 bits per heavy atom. The zero-order chi connectivity index (χ0) is 20.5. The van der Waals surface area contributed by atoms with Crippen LogP contribution in [0, 0.1) is 5.92 Å². The highest BCUT2D eigenvalue weighted by molar-refractivity contribution is 7.17. The van der Waals surface area contributed by atoms with Crippen molar-refractivity contribution in [2.75, 3.05) is 11.9 Å². The third kappa shape index (κ3) is 3.96. The number of pyridine rings is 1. The Labute approximate surface area is 180 Å². The number of amides is 2. The molecule has 0 saturated heterocycles. The van der Waals surface area contributed by atoms with Crippen LogP contribution in [0.2, 0.25) is 0 Å². The monoisotopic (exact) mass is 438 g/mol. The highest BCUT2D eigenvalue weighted by atomic mass is 32.1. The lowest BCUT2D eigenvalue weighted by Crippen LogP contribution is -2.24. The van der Waals surface area contributed by atoms with Gasteiger partial charge in [0.05, 0.1) is 20.5 Å². The van der Waals surface area contributed by atoms with Crippen molar-refractivity contribution in [1.29, 1.82) is 0 Å². The quantitative estimate of drug-likeness (QED) is 0.461. The first-order valence-corrected chi connectivity index (χ1v) is 11.3. The van der Waals surface area contributed by atoms with E-state index in [4.69, 9.17) is 0 Å². The van der Waals surface area contributed by atoms with Gasteiger partial charge in [-0.15, -0.1) is 27.8 Å². The van der Waals surface area contributed by atoms with Crippen LogP contribution in [0.1, 0.15) is 27.5 Å². The molecule has 0 atom stereocenters. The van der Waals surface area contributed by atoms with Gasteiger partial charge in [-0.3, -0.25) is 14.9 Å². The molecule has 2 amide bonds. The van der Waals surface area contributed by atoms with Crippen LogP contribution in [0.5, 0.6) is 0 Å². The van der Waals surface area contributed by atoms with Crippen molar-refractivity contribution >= 4 is 46.1 Å². The largest absolute Gasteiger partial charge is 0.351 e. The molecule has 0 unspecified atom stereocenters. The van der Waals surface area contributed by atoms with Crippen LogP contribution in [0.25, 0.3) is 16.2 Å². The molecular weight excluding hydrogens is 420 g/mol. The zero-order valence-electron chi connectivity index (χ0n) is 15.9. The molecule has 4 heterocycles. The van der Waals surface area contributed by atoms with Gasteiger partial charge in [0, 0.05) is 30.5 Å². The molecule has 0 aromatic carbocycles. The number of nitrogens with zero attached hydrogens (tertiary/aromatic N) is 4. The van der Waals surface area contributed by atoms with Crippen LogP contribution >= 0.6 is 22.7 Å². The van der Waals surface area contributed by atoms with E-state index < -0.39 is 0 Å². The minimum atomic E-state index is -0.106. The van der Waals surface area contributed by atoms with Gasteiger partial charge in [0.15, 0.2) is 5.65 Å². The van der Waals surface area contributed by atoms with E-state index >= 15 is 0 Å². The van der Waals surface area contributed by atoms with Crippen molar-refractivity contribution in [1.82, 2.24) is 24.9 Å². The first-order valence-electron chi connectivity index (χ1n) is 9.61. The molecule has 8 nitrogen and oxygen atoms in total. The smallest absolute Gasteiger partial charge is 0.261 e. The van der Waals surface area contributed by atoms with E-state index in [1.54, 1.807) is 22.0 Å². The summed E-state index contributed by atoms with van der Waals surface area (Å²) in [6.45, 7) is 0.544. The molecule has 0 aliphatic heterocycles. The van der Waals surface area contributed by atoms with Gasteiger partial charge in [-0.1, -0.05) is 6.07 Å². The van der Waals surface area contributed by atoms with E-state index in [0.29, 0.717) is 23.0 Å². The van der Waals surface area contributed by atoms with E-state index in [1.165, 1.54) is 11.3 Å². The summed E-state index contributed by atoms with van der Waals surface area (Å²) in [4.78, 5) is 34.6. The summed E-state index contributed by atoms with van der Waals surface area (Å²) in [5.74, 6) is 0.257. The average Bonchev–Trinajstić information content (AvgIpc) is 3.13. The first kappa shape index (κ1) is 18.9. The second-order valence-electron chi connectivity index (χ2n) is 6.98. The molecule has 1 saturated carbocycles. The molecule has 0 radical (unpaired) electrons. The van der Waals surface area contributed by atoms with Crippen molar-refractivity contribution in [3.8, 4) is 10.6 Å². The third-order valence-corrected chi connectivity index (χ3v) is 6.68. The molecular formula is C20H18N6O2S2. The molecule has 4 aromatic heterocycles. The molecule has 10 heteroatoms. The second-order valence-corrected chi connectivity index (χ2v) is 9.04. The normalized spacial score (nSPS) is 13.5. The number of fused-ring (bicyclic) bond motifs is 1.